The average molecular weight is 369 g/mol. The molecule has 3 rings (SSSR count). The van der Waals surface area contributed by atoms with Gasteiger partial charge >= 0.3 is 0 Å². The van der Waals surface area contributed by atoms with Crippen molar-refractivity contribution in [2.75, 3.05) is 26.2 Å². The van der Waals surface area contributed by atoms with Gasteiger partial charge in [-0.25, -0.2) is 8.42 Å². The van der Waals surface area contributed by atoms with Gasteiger partial charge in [0.05, 0.1) is 11.2 Å². The molecule has 0 saturated carbocycles. The summed E-state index contributed by atoms with van der Waals surface area (Å²) in [5.74, 6) is 0.0958. The molecule has 0 spiro atoms. The third-order valence-electron chi connectivity index (χ3n) is 4.02. The highest BCUT2D eigenvalue weighted by Crippen LogP contribution is 2.21. The van der Waals surface area contributed by atoms with Crippen molar-refractivity contribution in [2.24, 2.45) is 0 Å². The molecule has 0 radical (unpaired) electrons. The number of amides is 1. The number of benzene rings is 1. The Bertz CT molecular complexity index is 854. The van der Waals surface area contributed by atoms with E-state index in [0.29, 0.717) is 23.9 Å². The molecule has 1 aliphatic heterocycles. The molecule has 0 aliphatic carbocycles. The first-order valence-corrected chi connectivity index (χ1v) is 9.30. The zero-order valence-corrected chi connectivity index (χ0v) is 14.7. The van der Waals surface area contributed by atoms with E-state index in [4.69, 9.17) is 16.0 Å². The second kappa shape index (κ2) is 6.58. The van der Waals surface area contributed by atoms with Crippen molar-refractivity contribution in [1.82, 2.24) is 9.21 Å². The summed E-state index contributed by atoms with van der Waals surface area (Å²) in [5, 5.41) is 0.373. The minimum Gasteiger partial charge on any atom is -0.459 e. The molecule has 24 heavy (non-hydrogen) atoms. The van der Waals surface area contributed by atoms with Crippen LogP contribution < -0.4 is 0 Å². The van der Waals surface area contributed by atoms with Gasteiger partial charge in [0.2, 0.25) is 10.0 Å². The van der Waals surface area contributed by atoms with Crippen molar-refractivity contribution in [3.8, 4) is 0 Å². The molecule has 1 amide bonds. The summed E-state index contributed by atoms with van der Waals surface area (Å²) >= 11 is 5.88. The standard InChI is InChI=1S/C16H17ClN2O4S/c1-12-5-10-23-15(12)16(20)18-6-8-19(9-7-18)24(21,22)14-4-2-3-13(17)11-14/h2-5,10-11H,6-9H2,1H3. The summed E-state index contributed by atoms with van der Waals surface area (Å²) in [5.41, 5.74) is 0.772. The number of piperazine rings is 1. The monoisotopic (exact) mass is 368 g/mol. The number of rotatable bonds is 3. The highest BCUT2D eigenvalue weighted by atomic mass is 35.5. The molecular weight excluding hydrogens is 352 g/mol. The third-order valence-corrected chi connectivity index (χ3v) is 6.15. The number of carbonyl (C=O) groups is 1. The maximum absolute atomic E-state index is 12.6. The van der Waals surface area contributed by atoms with Gasteiger partial charge in [-0.3, -0.25) is 4.79 Å². The maximum Gasteiger partial charge on any atom is 0.289 e. The lowest BCUT2D eigenvalue weighted by atomic mass is 10.2. The van der Waals surface area contributed by atoms with E-state index < -0.39 is 10.0 Å². The Balaban J connectivity index is 1.71. The lowest BCUT2D eigenvalue weighted by Crippen LogP contribution is -2.50. The van der Waals surface area contributed by atoms with Crippen LogP contribution in [0, 0.1) is 6.92 Å². The molecule has 0 bridgehead atoms. The average Bonchev–Trinajstić information content (AvgIpc) is 3.00. The number of hydrogen-bond acceptors (Lipinski definition) is 4. The molecule has 1 aromatic carbocycles. The molecule has 1 aliphatic rings. The number of nitrogens with zero attached hydrogens (tertiary/aromatic N) is 2. The van der Waals surface area contributed by atoms with Crippen LogP contribution in [0.1, 0.15) is 16.1 Å². The van der Waals surface area contributed by atoms with Crippen LogP contribution in [0.15, 0.2) is 45.9 Å². The predicted octanol–water partition coefficient (Wildman–Crippen LogP) is 2.39. The van der Waals surface area contributed by atoms with Crippen LogP contribution in [0.4, 0.5) is 0 Å². The molecule has 6 nitrogen and oxygen atoms in total. The number of carbonyl (C=O) groups excluding carboxylic acids is 1. The summed E-state index contributed by atoms with van der Waals surface area (Å²) in [6.07, 6.45) is 1.47. The van der Waals surface area contributed by atoms with Gasteiger partial charge in [-0.1, -0.05) is 17.7 Å². The molecule has 0 atom stereocenters. The number of aryl methyl sites for hydroxylation is 1. The van der Waals surface area contributed by atoms with Crippen LogP contribution in [0.5, 0.6) is 0 Å². The lowest BCUT2D eigenvalue weighted by molar-refractivity contribution is 0.0665. The SMILES string of the molecule is Cc1ccoc1C(=O)N1CCN(S(=O)(=O)c2cccc(Cl)c2)CC1. The van der Waals surface area contributed by atoms with Crippen LogP contribution in [0.2, 0.25) is 5.02 Å². The molecule has 1 aromatic heterocycles. The Morgan fingerprint density at radius 3 is 2.46 bits per heavy atom. The smallest absolute Gasteiger partial charge is 0.289 e. The van der Waals surface area contributed by atoms with Crippen molar-refractivity contribution in [1.29, 1.82) is 0 Å². The first-order chi connectivity index (χ1) is 11.4. The number of halogens is 1. The molecule has 2 aromatic rings. The minimum absolute atomic E-state index is 0.164. The van der Waals surface area contributed by atoms with Crippen LogP contribution in [-0.4, -0.2) is 49.7 Å². The molecule has 8 heteroatoms. The first-order valence-electron chi connectivity index (χ1n) is 7.48. The summed E-state index contributed by atoms with van der Waals surface area (Å²) < 4.78 is 31.9. The van der Waals surface area contributed by atoms with Gasteiger partial charge in [0, 0.05) is 36.8 Å². The molecule has 128 valence electrons. The van der Waals surface area contributed by atoms with E-state index in [0.717, 1.165) is 5.56 Å². The van der Waals surface area contributed by atoms with E-state index in [1.54, 1.807) is 30.0 Å². The summed E-state index contributed by atoms with van der Waals surface area (Å²) in [4.78, 5) is 14.2. The Morgan fingerprint density at radius 1 is 1.17 bits per heavy atom. The van der Waals surface area contributed by atoms with Gasteiger partial charge in [-0.05, 0) is 31.2 Å². The molecule has 1 saturated heterocycles. The van der Waals surface area contributed by atoms with E-state index in [1.807, 2.05) is 0 Å². The number of sulfonamides is 1. The number of furan rings is 1. The summed E-state index contributed by atoms with van der Waals surface area (Å²) in [6.45, 7) is 2.91. The largest absolute Gasteiger partial charge is 0.459 e. The Labute approximate surface area is 145 Å². The Kier molecular flexibility index (Phi) is 4.67. The van der Waals surface area contributed by atoms with Crippen molar-refractivity contribution < 1.29 is 17.6 Å². The first kappa shape index (κ1) is 17.0. The fourth-order valence-corrected chi connectivity index (χ4v) is 4.37. The highest BCUT2D eigenvalue weighted by Gasteiger charge is 2.31. The number of hydrogen-bond donors (Lipinski definition) is 0. The van der Waals surface area contributed by atoms with Crippen LogP contribution in [0.3, 0.4) is 0 Å². The normalized spacial score (nSPS) is 16.3. The minimum atomic E-state index is -3.61. The van der Waals surface area contributed by atoms with Crippen LogP contribution in [-0.2, 0) is 10.0 Å². The summed E-state index contributed by atoms with van der Waals surface area (Å²) in [7, 11) is -3.61. The van der Waals surface area contributed by atoms with Gasteiger partial charge in [-0.15, -0.1) is 0 Å². The second-order valence-corrected chi connectivity index (χ2v) is 7.96. The van der Waals surface area contributed by atoms with Gasteiger partial charge < -0.3 is 9.32 Å². The molecule has 0 N–H and O–H groups in total. The van der Waals surface area contributed by atoms with E-state index in [-0.39, 0.29) is 23.9 Å². The summed E-state index contributed by atoms with van der Waals surface area (Å²) in [6, 6.07) is 7.91. The fourth-order valence-electron chi connectivity index (χ4n) is 2.64. The van der Waals surface area contributed by atoms with Crippen molar-refractivity contribution in [2.45, 2.75) is 11.8 Å². The predicted molar refractivity (Wildman–Crippen MR) is 89.6 cm³/mol. The van der Waals surface area contributed by atoms with Gasteiger partial charge in [-0.2, -0.15) is 4.31 Å². The topological polar surface area (TPSA) is 70.8 Å². The Hall–Kier alpha value is -1.83. The molecular formula is C16H17ClN2O4S. The zero-order chi connectivity index (χ0) is 17.3. The fraction of sp³-hybridized carbons (Fsp3) is 0.312. The van der Waals surface area contributed by atoms with Gasteiger partial charge in [0.15, 0.2) is 5.76 Å². The lowest BCUT2D eigenvalue weighted by Gasteiger charge is -2.33. The zero-order valence-electron chi connectivity index (χ0n) is 13.1. The van der Waals surface area contributed by atoms with Gasteiger partial charge in [0.25, 0.3) is 5.91 Å². The molecule has 1 fully saturated rings. The molecule has 2 heterocycles. The quantitative estimate of drug-likeness (QED) is 0.834. The van der Waals surface area contributed by atoms with Crippen LogP contribution in [0.25, 0.3) is 0 Å². The van der Waals surface area contributed by atoms with Crippen LogP contribution >= 0.6 is 11.6 Å². The van der Waals surface area contributed by atoms with E-state index in [9.17, 15) is 13.2 Å². The van der Waals surface area contributed by atoms with E-state index in [1.165, 1.54) is 22.7 Å². The third kappa shape index (κ3) is 3.19. The van der Waals surface area contributed by atoms with E-state index in [2.05, 4.69) is 0 Å². The second-order valence-electron chi connectivity index (χ2n) is 5.59. The molecule has 0 unspecified atom stereocenters. The Morgan fingerprint density at radius 2 is 1.88 bits per heavy atom. The van der Waals surface area contributed by atoms with Gasteiger partial charge in [0.1, 0.15) is 0 Å². The van der Waals surface area contributed by atoms with Crippen molar-refractivity contribution in [3.63, 3.8) is 0 Å². The van der Waals surface area contributed by atoms with Crippen molar-refractivity contribution in [3.05, 3.63) is 52.9 Å². The maximum atomic E-state index is 12.6. The highest BCUT2D eigenvalue weighted by molar-refractivity contribution is 7.89. The van der Waals surface area contributed by atoms with E-state index >= 15 is 0 Å². The van der Waals surface area contributed by atoms with Crippen molar-refractivity contribution >= 4 is 27.5 Å².